The predicted octanol–water partition coefficient (Wildman–Crippen LogP) is 3.25. The number of para-hydroxylation sites is 1. The van der Waals surface area contributed by atoms with Gasteiger partial charge >= 0.3 is 0 Å². The van der Waals surface area contributed by atoms with Crippen LogP contribution in [0.2, 0.25) is 5.02 Å². The van der Waals surface area contributed by atoms with E-state index < -0.39 is 0 Å². The Hall–Kier alpha value is -2.40. The van der Waals surface area contributed by atoms with E-state index in [0.29, 0.717) is 27.7 Å². The van der Waals surface area contributed by atoms with Crippen molar-refractivity contribution in [2.45, 2.75) is 0 Å². The summed E-state index contributed by atoms with van der Waals surface area (Å²) >= 11 is 6.17. The summed E-state index contributed by atoms with van der Waals surface area (Å²) in [5.74, 6) is 0.202. The average molecular weight is 320 g/mol. The fourth-order valence-corrected chi connectivity index (χ4v) is 2.30. The van der Waals surface area contributed by atoms with Crippen molar-refractivity contribution >= 4 is 34.6 Å². The molecule has 116 valence electrons. The first-order valence-corrected chi connectivity index (χ1v) is 7.02. The molecule has 6 heteroatoms. The summed E-state index contributed by atoms with van der Waals surface area (Å²) in [5.41, 5.74) is 8.17. The van der Waals surface area contributed by atoms with E-state index in [4.69, 9.17) is 22.1 Å². The number of methoxy groups -OCH3 is 1. The molecule has 3 N–H and O–H groups in total. The Morgan fingerprint density at radius 3 is 2.59 bits per heavy atom. The Balaban J connectivity index is 2.34. The first kappa shape index (κ1) is 16.0. The van der Waals surface area contributed by atoms with E-state index in [1.807, 2.05) is 19.0 Å². The van der Waals surface area contributed by atoms with Crippen LogP contribution in [-0.4, -0.2) is 27.1 Å². The molecule has 5 nitrogen and oxygen atoms in total. The number of nitrogens with two attached hydrogens (primary N) is 1. The molecule has 22 heavy (non-hydrogen) atoms. The molecule has 0 aliphatic rings. The minimum Gasteiger partial charge on any atom is -0.496 e. The molecule has 0 aromatic heterocycles. The second-order valence-corrected chi connectivity index (χ2v) is 5.35. The van der Waals surface area contributed by atoms with Crippen LogP contribution in [0.15, 0.2) is 36.4 Å². The monoisotopic (exact) mass is 319 g/mol. The van der Waals surface area contributed by atoms with E-state index in [1.165, 1.54) is 7.11 Å². The number of hydrogen-bond donors (Lipinski definition) is 2. The average Bonchev–Trinajstić information content (AvgIpc) is 2.49. The summed E-state index contributed by atoms with van der Waals surface area (Å²) in [4.78, 5) is 14.3. The molecule has 0 heterocycles. The van der Waals surface area contributed by atoms with Crippen LogP contribution in [0.5, 0.6) is 5.75 Å². The number of carbonyl (C=O) groups excluding carboxylic acids is 1. The Morgan fingerprint density at radius 1 is 1.27 bits per heavy atom. The molecule has 0 fully saturated rings. The third-order valence-electron chi connectivity index (χ3n) is 3.20. The Labute approximate surface area is 134 Å². The van der Waals surface area contributed by atoms with Gasteiger partial charge in [-0.1, -0.05) is 23.7 Å². The molecular weight excluding hydrogens is 302 g/mol. The van der Waals surface area contributed by atoms with Gasteiger partial charge in [0.15, 0.2) is 0 Å². The lowest BCUT2D eigenvalue weighted by Crippen LogP contribution is -2.15. The van der Waals surface area contributed by atoms with Crippen LogP contribution >= 0.6 is 11.6 Å². The van der Waals surface area contributed by atoms with Crippen molar-refractivity contribution in [3.05, 3.63) is 47.0 Å². The lowest BCUT2D eigenvalue weighted by atomic mass is 10.1. The highest BCUT2D eigenvalue weighted by molar-refractivity contribution is 6.34. The molecule has 0 unspecified atom stereocenters. The Kier molecular flexibility index (Phi) is 4.78. The van der Waals surface area contributed by atoms with Crippen LogP contribution in [0.25, 0.3) is 0 Å². The van der Waals surface area contributed by atoms with Crippen molar-refractivity contribution in [2.24, 2.45) is 0 Å². The van der Waals surface area contributed by atoms with Crippen LogP contribution < -0.4 is 20.7 Å². The van der Waals surface area contributed by atoms with Gasteiger partial charge in [-0.3, -0.25) is 4.79 Å². The number of nitrogen functional groups attached to an aromatic ring is 1. The zero-order chi connectivity index (χ0) is 16.3. The number of nitrogens with zero attached hydrogens (tertiary/aromatic N) is 1. The summed E-state index contributed by atoms with van der Waals surface area (Å²) in [5, 5.41) is 3.17. The molecule has 0 saturated heterocycles. The summed E-state index contributed by atoms with van der Waals surface area (Å²) in [6.45, 7) is 0. The van der Waals surface area contributed by atoms with Gasteiger partial charge in [-0.2, -0.15) is 0 Å². The third-order valence-corrected chi connectivity index (χ3v) is 3.51. The number of nitrogens with one attached hydrogen (secondary N) is 1. The van der Waals surface area contributed by atoms with E-state index in [1.54, 1.807) is 36.4 Å². The van der Waals surface area contributed by atoms with Crippen LogP contribution in [0, 0.1) is 0 Å². The largest absolute Gasteiger partial charge is 0.496 e. The van der Waals surface area contributed by atoms with Crippen LogP contribution in [0.3, 0.4) is 0 Å². The fourth-order valence-electron chi connectivity index (χ4n) is 2.08. The number of rotatable bonds is 4. The highest BCUT2D eigenvalue weighted by Gasteiger charge is 2.15. The minimum absolute atomic E-state index is 0.297. The topological polar surface area (TPSA) is 67.6 Å². The molecule has 0 atom stereocenters. The van der Waals surface area contributed by atoms with E-state index in [2.05, 4.69) is 5.32 Å². The van der Waals surface area contributed by atoms with Gasteiger partial charge in [0, 0.05) is 14.1 Å². The molecule has 1 amide bonds. The van der Waals surface area contributed by atoms with Gasteiger partial charge < -0.3 is 20.7 Å². The van der Waals surface area contributed by atoms with Gasteiger partial charge in [0.2, 0.25) is 0 Å². The molecule has 0 spiro atoms. The number of ether oxygens (including phenoxy) is 1. The van der Waals surface area contributed by atoms with Gasteiger partial charge in [-0.15, -0.1) is 0 Å². The van der Waals surface area contributed by atoms with Gasteiger partial charge in [-0.05, 0) is 24.3 Å². The second kappa shape index (κ2) is 6.58. The first-order valence-electron chi connectivity index (χ1n) is 6.64. The SMILES string of the molecule is COc1ccccc1C(=O)Nc1cc(N(C)C)c(N)cc1Cl. The number of benzene rings is 2. The van der Waals surface area contributed by atoms with Crippen molar-refractivity contribution in [1.29, 1.82) is 0 Å². The summed E-state index contributed by atoms with van der Waals surface area (Å²) in [6.07, 6.45) is 0. The molecule has 0 aliphatic carbocycles. The summed E-state index contributed by atoms with van der Waals surface area (Å²) in [6, 6.07) is 10.3. The standard InChI is InChI=1S/C16H18ClN3O2/c1-20(2)14-9-13(11(17)8-12(14)18)19-16(21)10-6-4-5-7-15(10)22-3/h4-9H,18H2,1-3H3,(H,19,21). The van der Waals surface area contributed by atoms with Crippen LogP contribution in [0.4, 0.5) is 17.1 Å². The first-order chi connectivity index (χ1) is 10.4. The predicted molar refractivity (Wildman–Crippen MR) is 91.1 cm³/mol. The fraction of sp³-hybridized carbons (Fsp3) is 0.188. The van der Waals surface area contributed by atoms with Crippen molar-refractivity contribution in [3.63, 3.8) is 0 Å². The Morgan fingerprint density at radius 2 is 1.95 bits per heavy atom. The van der Waals surface area contributed by atoms with E-state index in [9.17, 15) is 4.79 Å². The third kappa shape index (κ3) is 3.26. The molecule has 0 radical (unpaired) electrons. The molecule has 0 aliphatic heterocycles. The smallest absolute Gasteiger partial charge is 0.259 e. The zero-order valence-electron chi connectivity index (χ0n) is 12.7. The number of carbonyl (C=O) groups is 1. The molecule has 2 aromatic carbocycles. The Bertz CT molecular complexity index is 702. The highest BCUT2D eigenvalue weighted by Crippen LogP contribution is 2.33. The molecule has 2 rings (SSSR count). The van der Waals surface area contributed by atoms with Gasteiger partial charge in [0.25, 0.3) is 5.91 Å². The maximum absolute atomic E-state index is 12.4. The summed E-state index contributed by atoms with van der Waals surface area (Å²) < 4.78 is 5.19. The second-order valence-electron chi connectivity index (χ2n) is 4.94. The maximum Gasteiger partial charge on any atom is 0.259 e. The van der Waals surface area contributed by atoms with Crippen LogP contribution in [0.1, 0.15) is 10.4 Å². The normalized spacial score (nSPS) is 10.2. The van der Waals surface area contributed by atoms with Crippen molar-refractivity contribution in [3.8, 4) is 5.75 Å². The lowest BCUT2D eigenvalue weighted by Gasteiger charge is -2.18. The van der Waals surface area contributed by atoms with Crippen molar-refractivity contribution < 1.29 is 9.53 Å². The zero-order valence-corrected chi connectivity index (χ0v) is 13.4. The number of halogens is 1. The van der Waals surface area contributed by atoms with Crippen molar-refractivity contribution in [1.82, 2.24) is 0 Å². The maximum atomic E-state index is 12.4. The minimum atomic E-state index is -0.297. The molecule has 0 bridgehead atoms. The number of anilines is 3. The summed E-state index contributed by atoms with van der Waals surface area (Å²) in [7, 11) is 5.25. The molecular formula is C16H18ClN3O2. The lowest BCUT2D eigenvalue weighted by molar-refractivity contribution is 0.102. The number of amides is 1. The quantitative estimate of drug-likeness (QED) is 0.849. The van der Waals surface area contributed by atoms with E-state index in [-0.39, 0.29) is 5.91 Å². The van der Waals surface area contributed by atoms with E-state index >= 15 is 0 Å². The van der Waals surface area contributed by atoms with Gasteiger partial charge in [0.1, 0.15) is 5.75 Å². The highest BCUT2D eigenvalue weighted by atomic mass is 35.5. The van der Waals surface area contributed by atoms with E-state index in [0.717, 1.165) is 5.69 Å². The van der Waals surface area contributed by atoms with Crippen molar-refractivity contribution in [2.75, 3.05) is 37.2 Å². The van der Waals surface area contributed by atoms with Crippen LogP contribution in [-0.2, 0) is 0 Å². The number of hydrogen-bond acceptors (Lipinski definition) is 4. The van der Waals surface area contributed by atoms with Gasteiger partial charge in [-0.25, -0.2) is 0 Å². The molecule has 0 saturated carbocycles. The molecule has 2 aromatic rings. The van der Waals surface area contributed by atoms with Gasteiger partial charge in [0.05, 0.1) is 34.8 Å².